The van der Waals surface area contributed by atoms with Crippen molar-refractivity contribution in [2.24, 2.45) is 11.8 Å². The molecular formula is C13H17BrN2. The lowest BCUT2D eigenvalue weighted by Crippen LogP contribution is -2.26. The van der Waals surface area contributed by atoms with Gasteiger partial charge in [-0.25, -0.2) is 4.98 Å². The Kier molecular flexibility index (Phi) is 2.66. The van der Waals surface area contributed by atoms with E-state index in [9.17, 15) is 0 Å². The summed E-state index contributed by atoms with van der Waals surface area (Å²) in [7, 11) is 0. The standard InChI is InChI=1S/C13H17BrN2/c1-8-11(14)4-5-13(15-8)16-12-7-9-2-3-10(12)6-9/h4-5,9-10,12H,2-3,6-7H2,1H3,(H,15,16). The fourth-order valence-electron chi connectivity index (χ4n) is 3.24. The Morgan fingerprint density at radius 2 is 2.19 bits per heavy atom. The lowest BCUT2D eigenvalue weighted by molar-refractivity contribution is 0.439. The quantitative estimate of drug-likeness (QED) is 0.893. The van der Waals surface area contributed by atoms with Crippen LogP contribution in [0.5, 0.6) is 0 Å². The predicted octanol–water partition coefficient (Wildman–Crippen LogP) is 3.75. The Morgan fingerprint density at radius 3 is 2.81 bits per heavy atom. The average molecular weight is 281 g/mol. The van der Waals surface area contributed by atoms with Gasteiger partial charge in [0.25, 0.3) is 0 Å². The molecule has 16 heavy (non-hydrogen) atoms. The number of hydrogen-bond acceptors (Lipinski definition) is 2. The third-order valence-corrected chi connectivity index (χ3v) is 4.93. The maximum absolute atomic E-state index is 4.56. The molecule has 3 rings (SSSR count). The molecule has 2 bridgehead atoms. The van der Waals surface area contributed by atoms with Gasteiger partial charge in [-0.3, -0.25) is 0 Å². The van der Waals surface area contributed by atoms with Gasteiger partial charge in [0.05, 0.1) is 5.69 Å². The zero-order valence-corrected chi connectivity index (χ0v) is 11.1. The molecule has 0 saturated heterocycles. The maximum Gasteiger partial charge on any atom is 0.126 e. The highest BCUT2D eigenvalue weighted by atomic mass is 79.9. The Morgan fingerprint density at radius 1 is 1.31 bits per heavy atom. The lowest BCUT2D eigenvalue weighted by Gasteiger charge is -2.23. The van der Waals surface area contributed by atoms with E-state index in [0.29, 0.717) is 6.04 Å². The Balaban J connectivity index is 1.72. The molecular weight excluding hydrogens is 264 g/mol. The van der Waals surface area contributed by atoms with Gasteiger partial charge >= 0.3 is 0 Å². The van der Waals surface area contributed by atoms with Crippen molar-refractivity contribution in [1.29, 1.82) is 0 Å². The van der Waals surface area contributed by atoms with Gasteiger partial charge in [0.2, 0.25) is 0 Å². The van der Waals surface area contributed by atoms with E-state index in [0.717, 1.165) is 27.8 Å². The van der Waals surface area contributed by atoms with Crippen molar-refractivity contribution in [3.8, 4) is 0 Å². The normalized spacial score (nSPS) is 32.0. The number of nitrogens with one attached hydrogen (secondary N) is 1. The third kappa shape index (κ3) is 1.86. The molecule has 1 aromatic heterocycles. The number of halogens is 1. The summed E-state index contributed by atoms with van der Waals surface area (Å²) in [4.78, 5) is 4.56. The largest absolute Gasteiger partial charge is 0.367 e. The molecule has 3 heteroatoms. The van der Waals surface area contributed by atoms with Crippen molar-refractivity contribution >= 4 is 21.7 Å². The molecule has 2 fully saturated rings. The molecule has 86 valence electrons. The highest BCUT2D eigenvalue weighted by Gasteiger charge is 2.39. The first-order valence-corrected chi connectivity index (χ1v) is 6.91. The first kappa shape index (κ1) is 10.6. The molecule has 0 aromatic carbocycles. The number of hydrogen-bond donors (Lipinski definition) is 1. The van der Waals surface area contributed by atoms with Crippen molar-refractivity contribution < 1.29 is 0 Å². The molecule has 3 atom stereocenters. The van der Waals surface area contributed by atoms with Gasteiger partial charge in [-0.1, -0.05) is 6.42 Å². The first-order valence-electron chi connectivity index (χ1n) is 6.12. The topological polar surface area (TPSA) is 24.9 Å². The van der Waals surface area contributed by atoms with Gasteiger partial charge in [0, 0.05) is 10.5 Å². The molecule has 1 heterocycles. The molecule has 3 unspecified atom stereocenters. The number of anilines is 1. The summed E-state index contributed by atoms with van der Waals surface area (Å²) in [5.41, 5.74) is 1.06. The third-order valence-electron chi connectivity index (χ3n) is 4.09. The van der Waals surface area contributed by atoms with Crippen LogP contribution in [0, 0.1) is 18.8 Å². The van der Waals surface area contributed by atoms with E-state index in [1.165, 1.54) is 25.7 Å². The highest BCUT2D eigenvalue weighted by molar-refractivity contribution is 9.10. The summed E-state index contributed by atoms with van der Waals surface area (Å²) in [6.07, 6.45) is 5.65. The van der Waals surface area contributed by atoms with Crippen molar-refractivity contribution in [2.75, 3.05) is 5.32 Å². The van der Waals surface area contributed by atoms with E-state index in [1.54, 1.807) is 0 Å². The average Bonchev–Trinajstić information content (AvgIpc) is 2.85. The molecule has 1 N–H and O–H groups in total. The lowest BCUT2D eigenvalue weighted by atomic mass is 9.95. The second-order valence-electron chi connectivity index (χ2n) is 5.19. The summed E-state index contributed by atoms with van der Waals surface area (Å²) in [6.45, 7) is 2.04. The minimum absolute atomic E-state index is 0.673. The van der Waals surface area contributed by atoms with Crippen LogP contribution in [0.15, 0.2) is 16.6 Å². The smallest absolute Gasteiger partial charge is 0.126 e. The van der Waals surface area contributed by atoms with Crippen LogP contribution in [-0.2, 0) is 0 Å². The fourth-order valence-corrected chi connectivity index (χ4v) is 3.46. The number of rotatable bonds is 2. The molecule has 2 saturated carbocycles. The van der Waals surface area contributed by atoms with Crippen LogP contribution in [0.25, 0.3) is 0 Å². The second kappa shape index (κ2) is 4.02. The number of pyridine rings is 1. The zero-order chi connectivity index (χ0) is 11.1. The number of aromatic nitrogens is 1. The maximum atomic E-state index is 4.56. The van der Waals surface area contributed by atoms with E-state index in [4.69, 9.17) is 0 Å². The minimum atomic E-state index is 0.673. The number of nitrogens with zero attached hydrogens (tertiary/aromatic N) is 1. The van der Waals surface area contributed by atoms with Crippen molar-refractivity contribution in [1.82, 2.24) is 4.98 Å². The molecule has 0 aliphatic heterocycles. The first-order chi connectivity index (χ1) is 7.72. The summed E-state index contributed by atoms with van der Waals surface area (Å²) < 4.78 is 1.09. The summed E-state index contributed by atoms with van der Waals surface area (Å²) in [5.74, 6) is 2.92. The SMILES string of the molecule is Cc1nc(NC2CC3CCC2C3)ccc1Br. The zero-order valence-electron chi connectivity index (χ0n) is 9.54. The van der Waals surface area contributed by atoms with Gasteiger partial charge in [-0.2, -0.15) is 0 Å². The highest BCUT2D eigenvalue weighted by Crippen LogP contribution is 2.45. The summed E-state index contributed by atoms with van der Waals surface area (Å²) in [6, 6.07) is 4.83. The van der Waals surface area contributed by atoms with Crippen LogP contribution in [0.2, 0.25) is 0 Å². The van der Waals surface area contributed by atoms with Crippen molar-refractivity contribution in [2.45, 2.75) is 38.6 Å². The van der Waals surface area contributed by atoms with Gasteiger partial charge in [-0.15, -0.1) is 0 Å². The molecule has 2 nitrogen and oxygen atoms in total. The van der Waals surface area contributed by atoms with Crippen LogP contribution in [0.4, 0.5) is 5.82 Å². The molecule has 0 radical (unpaired) electrons. The van der Waals surface area contributed by atoms with E-state index < -0.39 is 0 Å². The van der Waals surface area contributed by atoms with Crippen LogP contribution < -0.4 is 5.32 Å². The minimum Gasteiger partial charge on any atom is -0.367 e. The van der Waals surface area contributed by atoms with Gasteiger partial charge in [-0.05, 0) is 66.1 Å². The molecule has 0 spiro atoms. The Bertz CT molecular complexity index is 405. The Labute approximate surface area is 105 Å². The Hall–Kier alpha value is -0.570. The molecule has 2 aliphatic carbocycles. The van der Waals surface area contributed by atoms with Gasteiger partial charge < -0.3 is 5.32 Å². The van der Waals surface area contributed by atoms with Crippen LogP contribution in [0.3, 0.4) is 0 Å². The van der Waals surface area contributed by atoms with Crippen molar-refractivity contribution in [3.63, 3.8) is 0 Å². The van der Waals surface area contributed by atoms with E-state index in [1.807, 2.05) is 6.92 Å². The van der Waals surface area contributed by atoms with E-state index in [2.05, 4.69) is 38.4 Å². The number of aryl methyl sites for hydroxylation is 1. The van der Waals surface area contributed by atoms with Crippen LogP contribution in [0.1, 0.15) is 31.4 Å². The van der Waals surface area contributed by atoms with Crippen LogP contribution >= 0.6 is 15.9 Å². The number of fused-ring (bicyclic) bond motifs is 2. The monoisotopic (exact) mass is 280 g/mol. The predicted molar refractivity (Wildman–Crippen MR) is 69.5 cm³/mol. The van der Waals surface area contributed by atoms with Crippen LogP contribution in [-0.4, -0.2) is 11.0 Å². The van der Waals surface area contributed by atoms with E-state index in [-0.39, 0.29) is 0 Å². The van der Waals surface area contributed by atoms with E-state index >= 15 is 0 Å². The molecule has 0 amide bonds. The van der Waals surface area contributed by atoms with Crippen molar-refractivity contribution in [3.05, 3.63) is 22.3 Å². The van der Waals surface area contributed by atoms with Gasteiger partial charge in [0.15, 0.2) is 0 Å². The van der Waals surface area contributed by atoms with Gasteiger partial charge in [0.1, 0.15) is 5.82 Å². The molecule has 2 aliphatic rings. The second-order valence-corrected chi connectivity index (χ2v) is 6.04. The summed E-state index contributed by atoms with van der Waals surface area (Å²) >= 11 is 3.48. The fraction of sp³-hybridized carbons (Fsp3) is 0.615. The molecule has 1 aromatic rings. The summed E-state index contributed by atoms with van der Waals surface area (Å²) in [5, 5.41) is 3.61.